The van der Waals surface area contributed by atoms with Gasteiger partial charge in [-0.2, -0.15) is 0 Å². The van der Waals surface area contributed by atoms with E-state index in [1.54, 1.807) is 27.7 Å². The normalized spacial score (nSPS) is 12.5. The van der Waals surface area contributed by atoms with E-state index in [-0.39, 0.29) is 40.9 Å². The molecule has 2 heterocycles. The van der Waals surface area contributed by atoms with Crippen molar-refractivity contribution in [2.75, 3.05) is 26.9 Å². The summed E-state index contributed by atoms with van der Waals surface area (Å²) < 4.78 is 33.4. The zero-order valence-electron chi connectivity index (χ0n) is 25.0. The number of benzene rings is 1. The smallest absolute Gasteiger partial charge is 0.348 e. The van der Waals surface area contributed by atoms with Crippen LogP contribution in [0, 0.1) is 12.7 Å². The van der Waals surface area contributed by atoms with Crippen molar-refractivity contribution in [3.8, 4) is 5.75 Å². The predicted octanol–water partition coefficient (Wildman–Crippen LogP) is 3.22. The lowest BCUT2D eigenvalue weighted by Crippen LogP contribution is -2.56. The van der Waals surface area contributed by atoms with Gasteiger partial charge in [0.05, 0.1) is 25.6 Å². The van der Waals surface area contributed by atoms with Gasteiger partial charge in [-0.15, -0.1) is 11.3 Å². The average Bonchev–Trinajstić information content (AvgIpc) is 3.27. The number of esters is 1. The predicted molar refractivity (Wildman–Crippen MR) is 159 cm³/mol. The largest absolute Gasteiger partial charge is 0.496 e. The highest BCUT2D eigenvalue weighted by atomic mass is 32.1. The van der Waals surface area contributed by atoms with E-state index in [2.05, 4.69) is 5.32 Å². The third-order valence-electron chi connectivity index (χ3n) is 6.76. The first-order chi connectivity index (χ1) is 19.8. The van der Waals surface area contributed by atoms with Crippen LogP contribution in [0.3, 0.4) is 0 Å². The third-order valence-corrected chi connectivity index (χ3v) is 8.06. The molecule has 0 spiro atoms. The van der Waals surface area contributed by atoms with E-state index in [9.17, 15) is 23.6 Å². The number of amides is 1. The van der Waals surface area contributed by atoms with Crippen molar-refractivity contribution in [2.24, 2.45) is 5.73 Å². The number of hydrogen-bond donors (Lipinski definition) is 2. The van der Waals surface area contributed by atoms with Gasteiger partial charge in [0.2, 0.25) is 5.91 Å². The van der Waals surface area contributed by atoms with E-state index in [4.69, 9.17) is 19.9 Å². The molecule has 0 unspecified atom stereocenters. The Bertz CT molecular complexity index is 1570. The molecule has 3 N–H and O–H groups in total. The molecule has 0 fully saturated rings. The molecule has 2 aromatic heterocycles. The molecule has 0 aliphatic heterocycles. The van der Waals surface area contributed by atoms with Crippen molar-refractivity contribution < 1.29 is 28.2 Å². The number of fused-ring (bicyclic) bond motifs is 1. The summed E-state index contributed by atoms with van der Waals surface area (Å²) in [6.07, 6.45) is -0.430. The minimum Gasteiger partial charge on any atom is -0.496 e. The van der Waals surface area contributed by atoms with Crippen molar-refractivity contribution in [1.82, 2.24) is 14.5 Å². The van der Waals surface area contributed by atoms with Gasteiger partial charge < -0.3 is 25.3 Å². The maximum absolute atomic E-state index is 14.4. The fourth-order valence-corrected chi connectivity index (χ4v) is 5.80. The summed E-state index contributed by atoms with van der Waals surface area (Å²) >= 11 is 0.938. The number of nitrogens with one attached hydrogen (secondary N) is 1. The molecule has 11 nitrogen and oxygen atoms in total. The Labute approximate surface area is 247 Å². The zero-order valence-corrected chi connectivity index (χ0v) is 25.9. The van der Waals surface area contributed by atoms with Gasteiger partial charge in [0.15, 0.2) is 0 Å². The Hall–Kier alpha value is -3.55. The number of rotatable bonds is 13. The standard InChI is InChI=1S/C29H39FN4O7S/c1-8-40-26(36)23-17(4)22-24(35)34(29(5,6)27(37)32-16(2)3)28(38)33(25(22)42-23)15-21(41-13-9-12-31)19-14-18(30)10-11-20(19)39-7/h10-11,14,16,21H,8-9,12-13,15,31H2,1-7H3,(H,32,37)/t21-/m0/s1. The van der Waals surface area contributed by atoms with Crippen LogP contribution in [0.4, 0.5) is 4.39 Å². The van der Waals surface area contributed by atoms with Crippen LogP contribution in [-0.4, -0.2) is 53.9 Å². The number of carbonyl (C=O) groups excluding carboxylic acids is 2. The summed E-state index contributed by atoms with van der Waals surface area (Å²) in [4.78, 5) is 54.7. The highest BCUT2D eigenvalue weighted by Gasteiger charge is 2.36. The fourth-order valence-electron chi connectivity index (χ4n) is 4.60. The third kappa shape index (κ3) is 6.58. The average molecular weight is 607 g/mol. The Morgan fingerprint density at radius 3 is 2.50 bits per heavy atom. The molecule has 42 heavy (non-hydrogen) atoms. The lowest BCUT2D eigenvalue weighted by molar-refractivity contribution is -0.129. The number of aromatic nitrogens is 2. The lowest BCUT2D eigenvalue weighted by Gasteiger charge is -2.28. The molecule has 1 aromatic carbocycles. The topological polar surface area (TPSA) is 144 Å². The van der Waals surface area contributed by atoms with Gasteiger partial charge in [-0.25, -0.2) is 18.5 Å². The number of methoxy groups -OCH3 is 1. The number of ether oxygens (including phenoxy) is 3. The van der Waals surface area contributed by atoms with Gasteiger partial charge in [0.1, 0.15) is 32.9 Å². The summed E-state index contributed by atoms with van der Waals surface area (Å²) in [7, 11) is 1.43. The zero-order chi connectivity index (χ0) is 31.4. The number of hydrogen-bond acceptors (Lipinski definition) is 9. The summed E-state index contributed by atoms with van der Waals surface area (Å²) in [5, 5.41) is 2.86. The number of nitrogens with two attached hydrogens (primary N) is 1. The van der Waals surface area contributed by atoms with Crippen molar-refractivity contribution in [3.05, 3.63) is 60.9 Å². The van der Waals surface area contributed by atoms with Crippen LogP contribution >= 0.6 is 11.3 Å². The summed E-state index contributed by atoms with van der Waals surface area (Å²) in [6, 6.07) is 3.70. The second-order valence-electron chi connectivity index (χ2n) is 10.6. The molecule has 0 saturated heterocycles. The fraction of sp³-hybridized carbons (Fsp3) is 0.517. The number of aryl methyl sites for hydroxylation is 1. The molecule has 0 bridgehead atoms. The van der Waals surface area contributed by atoms with Gasteiger partial charge in [-0.05, 0) is 78.3 Å². The Balaban J connectivity index is 2.38. The molecular formula is C29H39FN4O7S. The maximum Gasteiger partial charge on any atom is 0.348 e. The van der Waals surface area contributed by atoms with Crippen molar-refractivity contribution >= 4 is 33.4 Å². The molecule has 0 aliphatic rings. The van der Waals surface area contributed by atoms with Crippen LogP contribution in [0.1, 0.15) is 67.9 Å². The summed E-state index contributed by atoms with van der Waals surface area (Å²) in [5.74, 6) is -1.38. The monoisotopic (exact) mass is 606 g/mol. The highest BCUT2D eigenvalue weighted by Crippen LogP contribution is 2.33. The van der Waals surface area contributed by atoms with E-state index in [1.807, 2.05) is 0 Å². The van der Waals surface area contributed by atoms with Gasteiger partial charge in [0, 0.05) is 18.2 Å². The molecule has 1 atom stereocenters. The van der Waals surface area contributed by atoms with Crippen LogP contribution in [0.15, 0.2) is 27.8 Å². The van der Waals surface area contributed by atoms with E-state index in [1.165, 1.54) is 43.7 Å². The van der Waals surface area contributed by atoms with Crippen molar-refractivity contribution in [1.29, 1.82) is 0 Å². The van der Waals surface area contributed by atoms with E-state index in [0.717, 1.165) is 15.9 Å². The second-order valence-corrected chi connectivity index (χ2v) is 11.6. The number of thiophene rings is 1. The van der Waals surface area contributed by atoms with Crippen LogP contribution in [0.25, 0.3) is 10.2 Å². The number of halogens is 1. The molecule has 1 amide bonds. The molecule has 230 valence electrons. The molecule has 0 radical (unpaired) electrons. The number of carbonyl (C=O) groups is 2. The van der Waals surface area contributed by atoms with Gasteiger partial charge in [-0.1, -0.05) is 0 Å². The van der Waals surface area contributed by atoms with Crippen LogP contribution < -0.4 is 27.0 Å². The minimum absolute atomic E-state index is 0.0972. The second kappa shape index (κ2) is 13.6. The van der Waals surface area contributed by atoms with Gasteiger partial charge in [-0.3, -0.25) is 14.2 Å². The molecule has 3 aromatic rings. The Morgan fingerprint density at radius 2 is 1.90 bits per heavy atom. The first-order valence-corrected chi connectivity index (χ1v) is 14.5. The van der Waals surface area contributed by atoms with Gasteiger partial charge >= 0.3 is 11.7 Å². The SMILES string of the molecule is CCOC(=O)c1sc2c(c1C)c(=O)n(C(C)(C)C(=O)NC(C)C)c(=O)n2C[C@H](OCCCN)c1cc(F)ccc1OC. The molecular weight excluding hydrogens is 567 g/mol. The molecule has 0 aliphatic carbocycles. The molecule has 0 saturated carbocycles. The van der Waals surface area contributed by atoms with E-state index >= 15 is 0 Å². The maximum atomic E-state index is 14.4. The van der Waals surface area contributed by atoms with Crippen molar-refractivity contribution in [3.63, 3.8) is 0 Å². The lowest BCUT2D eigenvalue weighted by atomic mass is 10.0. The Morgan fingerprint density at radius 1 is 1.21 bits per heavy atom. The van der Waals surface area contributed by atoms with Crippen LogP contribution in [0.2, 0.25) is 0 Å². The summed E-state index contributed by atoms with van der Waals surface area (Å²) in [6.45, 7) is 10.2. The van der Waals surface area contributed by atoms with Gasteiger partial charge in [0.25, 0.3) is 5.56 Å². The molecule has 13 heteroatoms. The molecule has 3 rings (SSSR count). The van der Waals surface area contributed by atoms with E-state index in [0.29, 0.717) is 29.8 Å². The van der Waals surface area contributed by atoms with Crippen molar-refractivity contribution in [2.45, 2.75) is 72.2 Å². The quantitative estimate of drug-likeness (QED) is 0.223. The number of nitrogens with zero attached hydrogens (tertiary/aromatic N) is 2. The summed E-state index contributed by atoms with van der Waals surface area (Å²) in [5.41, 5.74) is 3.20. The first-order valence-electron chi connectivity index (χ1n) is 13.7. The van der Waals surface area contributed by atoms with E-state index < -0.39 is 40.6 Å². The van der Waals surface area contributed by atoms with Crippen LogP contribution in [0.5, 0.6) is 5.75 Å². The Kier molecular flexibility index (Phi) is 10.7. The minimum atomic E-state index is -1.61. The van der Waals surface area contributed by atoms with Crippen LogP contribution in [-0.2, 0) is 26.4 Å². The highest BCUT2D eigenvalue weighted by molar-refractivity contribution is 7.20. The first kappa shape index (κ1) is 33.0.